The van der Waals surface area contributed by atoms with Gasteiger partial charge in [0, 0.05) is 13.7 Å². The number of nitrogens with zero attached hydrogens (tertiary/aromatic N) is 1. The molecule has 0 saturated heterocycles. The highest BCUT2D eigenvalue weighted by molar-refractivity contribution is 4.58. The van der Waals surface area contributed by atoms with Crippen LogP contribution < -0.4 is 0 Å². The summed E-state index contributed by atoms with van der Waals surface area (Å²) in [6.45, 7) is 5.29. The van der Waals surface area contributed by atoms with Crippen molar-refractivity contribution in [2.45, 2.75) is 26.3 Å². The average Bonchev–Trinajstić information content (AvgIpc) is 2.09. The Morgan fingerprint density at radius 3 is 2.07 bits per heavy atom. The molecule has 0 heterocycles. The lowest BCUT2D eigenvalue weighted by Crippen LogP contribution is -2.42. The second kappa shape index (κ2) is 8.14. The lowest BCUT2D eigenvalue weighted by molar-refractivity contribution is -0.0948. The molecule has 0 amide bonds. The molecule has 2 N–H and O–H groups in total. The second-order valence-electron chi connectivity index (χ2n) is 3.11. The first-order valence-electron chi connectivity index (χ1n) is 4.78. The minimum atomic E-state index is -0.666. The fraction of sp³-hybridized carbons (Fsp3) is 1.00. The van der Waals surface area contributed by atoms with Gasteiger partial charge < -0.3 is 19.7 Å². The fourth-order valence-corrected chi connectivity index (χ4v) is 1.10. The molecule has 0 aliphatic carbocycles. The van der Waals surface area contributed by atoms with Gasteiger partial charge in [0.1, 0.15) is 12.5 Å². The predicted molar refractivity (Wildman–Crippen MR) is 52.8 cm³/mol. The number of ether oxygens (including phenoxy) is 2. The van der Waals surface area contributed by atoms with Crippen LogP contribution >= 0.6 is 0 Å². The molecule has 0 radical (unpaired) electrons. The van der Waals surface area contributed by atoms with E-state index in [1.165, 1.54) is 4.90 Å². The van der Waals surface area contributed by atoms with Crippen LogP contribution in [-0.4, -0.2) is 61.0 Å². The Balaban J connectivity index is 3.52. The van der Waals surface area contributed by atoms with Crippen LogP contribution in [0.3, 0.4) is 0 Å². The number of aliphatic hydroxyl groups excluding tert-OH is 2. The molecule has 86 valence electrons. The first kappa shape index (κ1) is 13.8. The molecule has 14 heavy (non-hydrogen) atoms. The Hall–Kier alpha value is -0.200. The van der Waals surface area contributed by atoms with Crippen LogP contribution in [0.25, 0.3) is 0 Å². The van der Waals surface area contributed by atoms with Gasteiger partial charge in [-0.2, -0.15) is 0 Å². The zero-order valence-corrected chi connectivity index (χ0v) is 9.14. The van der Waals surface area contributed by atoms with Crippen molar-refractivity contribution in [2.75, 3.05) is 33.5 Å². The van der Waals surface area contributed by atoms with Crippen molar-refractivity contribution in [1.82, 2.24) is 4.90 Å². The van der Waals surface area contributed by atoms with Crippen molar-refractivity contribution in [1.29, 1.82) is 0 Å². The Morgan fingerprint density at radius 1 is 1.07 bits per heavy atom. The molecule has 0 aliphatic heterocycles. The maximum atomic E-state index is 9.27. The lowest BCUT2D eigenvalue weighted by Gasteiger charge is -2.27. The quantitative estimate of drug-likeness (QED) is 0.420. The van der Waals surface area contributed by atoms with E-state index in [1.54, 1.807) is 21.0 Å². The number of rotatable bonds is 8. The number of hydrogen-bond donors (Lipinski definition) is 2. The molecule has 0 aromatic heterocycles. The summed E-state index contributed by atoms with van der Waals surface area (Å²) in [5.41, 5.74) is 0. The Morgan fingerprint density at radius 2 is 1.64 bits per heavy atom. The molecule has 0 saturated carbocycles. The summed E-state index contributed by atoms with van der Waals surface area (Å²) in [4.78, 5) is 1.53. The zero-order chi connectivity index (χ0) is 11.0. The highest BCUT2D eigenvalue weighted by Crippen LogP contribution is 2.00. The van der Waals surface area contributed by atoms with Gasteiger partial charge in [0.2, 0.25) is 0 Å². The SMILES string of the molecule is COCCOCCN(C(C)O)C(C)O. The van der Waals surface area contributed by atoms with Crippen molar-refractivity contribution in [2.24, 2.45) is 0 Å². The molecule has 5 nitrogen and oxygen atoms in total. The standard InChI is InChI=1S/C9H21NO4/c1-8(11)10(9(2)12)4-5-14-7-6-13-3/h8-9,11-12H,4-7H2,1-3H3. The van der Waals surface area contributed by atoms with E-state index < -0.39 is 12.5 Å². The first-order chi connectivity index (χ1) is 6.59. The molecule has 0 aromatic carbocycles. The highest BCUT2D eigenvalue weighted by Gasteiger charge is 2.15. The van der Waals surface area contributed by atoms with Gasteiger partial charge in [0.05, 0.1) is 19.8 Å². The number of aliphatic hydroxyl groups is 2. The molecule has 0 spiro atoms. The normalized spacial score (nSPS) is 15.9. The Kier molecular flexibility index (Phi) is 8.02. The van der Waals surface area contributed by atoms with Crippen LogP contribution in [0, 0.1) is 0 Å². The van der Waals surface area contributed by atoms with E-state index in [0.717, 1.165) is 0 Å². The third-order valence-electron chi connectivity index (χ3n) is 1.89. The Bertz CT molecular complexity index is 122. The van der Waals surface area contributed by atoms with Crippen molar-refractivity contribution < 1.29 is 19.7 Å². The highest BCUT2D eigenvalue weighted by atomic mass is 16.5. The molecular formula is C9H21NO4. The summed E-state index contributed by atoms with van der Waals surface area (Å²) in [5.74, 6) is 0. The fourth-order valence-electron chi connectivity index (χ4n) is 1.10. The van der Waals surface area contributed by atoms with Crippen molar-refractivity contribution in [3.63, 3.8) is 0 Å². The zero-order valence-electron chi connectivity index (χ0n) is 9.14. The molecular weight excluding hydrogens is 186 g/mol. The minimum Gasteiger partial charge on any atom is -0.382 e. The molecule has 0 fully saturated rings. The van der Waals surface area contributed by atoms with Crippen molar-refractivity contribution in [3.8, 4) is 0 Å². The van der Waals surface area contributed by atoms with Crippen LogP contribution in [-0.2, 0) is 9.47 Å². The molecule has 5 heteroatoms. The van der Waals surface area contributed by atoms with Gasteiger partial charge in [0.25, 0.3) is 0 Å². The third kappa shape index (κ3) is 6.28. The summed E-state index contributed by atoms with van der Waals surface area (Å²) >= 11 is 0. The summed E-state index contributed by atoms with van der Waals surface area (Å²) < 4.78 is 10.0. The summed E-state index contributed by atoms with van der Waals surface area (Å²) in [6, 6.07) is 0. The van der Waals surface area contributed by atoms with Crippen LogP contribution in [0.5, 0.6) is 0 Å². The molecule has 0 aliphatic rings. The number of methoxy groups -OCH3 is 1. The van der Waals surface area contributed by atoms with Gasteiger partial charge in [0.15, 0.2) is 0 Å². The molecule has 0 rings (SSSR count). The van der Waals surface area contributed by atoms with Crippen molar-refractivity contribution in [3.05, 3.63) is 0 Å². The largest absolute Gasteiger partial charge is 0.382 e. The second-order valence-corrected chi connectivity index (χ2v) is 3.11. The topological polar surface area (TPSA) is 62.2 Å². The summed E-state index contributed by atoms with van der Waals surface area (Å²) in [5, 5.41) is 18.5. The van der Waals surface area contributed by atoms with E-state index in [4.69, 9.17) is 9.47 Å². The van der Waals surface area contributed by atoms with Gasteiger partial charge in [-0.15, -0.1) is 0 Å². The van der Waals surface area contributed by atoms with E-state index in [9.17, 15) is 10.2 Å². The monoisotopic (exact) mass is 207 g/mol. The smallest absolute Gasteiger partial charge is 0.106 e. The molecule has 2 unspecified atom stereocenters. The van der Waals surface area contributed by atoms with Crippen LogP contribution in [0.4, 0.5) is 0 Å². The van der Waals surface area contributed by atoms with Gasteiger partial charge in [-0.1, -0.05) is 0 Å². The van der Waals surface area contributed by atoms with Gasteiger partial charge in [-0.3, -0.25) is 4.90 Å². The Labute approximate surface area is 85.2 Å². The maximum Gasteiger partial charge on any atom is 0.106 e. The first-order valence-corrected chi connectivity index (χ1v) is 4.78. The maximum absolute atomic E-state index is 9.27. The lowest BCUT2D eigenvalue weighted by atomic mass is 10.4. The van der Waals surface area contributed by atoms with E-state index in [0.29, 0.717) is 26.4 Å². The van der Waals surface area contributed by atoms with Crippen LogP contribution in [0.2, 0.25) is 0 Å². The number of hydrogen-bond acceptors (Lipinski definition) is 5. The van der Waals surface area contributed by atoms with E-state index in [2.05, 4.69) is 0 Å². The third-order valence-corrected chi connectivity index (χ3v) is 1.89. The van der Waals surface area contributed by atoms with Crippen molar-refractivity contribution >= 4 is 0 Å². The summed E-state index contributed by atoms with van der Waals surface area (Å²) in [7, 11) is 1.61. The predicted octanol–water partition coefficient (Wildman–Crippen LogP) is -0.372. The summed E-state index contributed by atoms with van der Waals surface area (Å²) in [6.07, 6.45) is -1.33. The van der Waals surface area contributed by atoms with Gasteiger partial charge in [-0.25, -0.2) is 0 Å². The van der Waals surface area contributed by atoms with E-state index in [-0.39, 0.29) is 0 Å². The molecule has 2 atom stereocenters. The molecule has 0 bridgehead atoms. The van der Waals surface area contributed by atoms with Crippen LogP contribution in [0.15, 0.2) is 0 Å². The van der Waals surface area contributed by atoms with Gasteiger partial charge in [-0.05, 0) is 13.8 Å². The van der Waals surface area contributed by atoms with E-state index >= 15 is 0 Å². The minimum absolute atomic E-state index is 0.471. The van der Waals surface area contributed by atoms with E-state index in [1.807, 2.05) is 0 Å². The molecule has 0 aromatic rings. The van der Waals surface area contributed by atoms with Gasteiger partial charge >= 0.3 is 0 Å². The van der Waals surface area contributed by atoms with Crippen LogP contribution in [0.1, 0.15) is 13.8 Å². The average molecular weight is 207 g/mol.